The highest BCUT2D eigenvalue weighted by atomic mass is 19.4. The van der Waals surface area contributed by atoms with Gasteiger partial charge >= 0.3 is 17.6 Å². The number of fused-ring (bicyclic) bond motifs is 1. The van der Waals surface area contributed by atoms with Gasteiger partial charge in [0.2, 0.25) is 5.65 Å². The smallest absolute Gasteiger partial charge is 0.367 e. The predicted molar refractivity (Wildman–Crippen MR) is 69.7 cm³/mol. The average molecular weight is 328 g/mol. The van der Waals surface area contributed by atoms with Crippen molar-refractivity contribution in [3.63, 3.8) is 0 Å². The fraction of sp³-hybridized carbons (Fsp3) is 0.0833. The van der Waals surface area contributed by atoms with Crippen LogP contribution in [0.1, 0.15) is 0 Å². The second-order valence-corrected chi connectivity index (χ2v) is 4.22. The standard InChI is InChI=1S/C12H7F3N4O4/c13-12(14,15)23-18-9-8(16-6-17-9)10(20)19(11(18)21)22-7-4-2-1-3-5-7/h1-6H,(H,16,17). The fourth-order valence-corrected chi connectivity index (χ4v) is 1.81. The first-order valence-corrected chi connectivity index (χ1v) is 6.07. The molecule has 0 saturated carbocycles. The third-order valence-corrected chi connectivity index (χ3v) is 2.69. The summed E-state index contributed by atoms with van der Waals surface area (Å²) < 4.78 is 37.4. The Hall–Kier alpha value is -3.24. The summed E-state index contributed by atoms with van der Waals surface area (Å²) in [6.07, 6.45) is -4.21. The molecule has 2 aromatic heterocycles. The van der Waals surface area contributed by atoms with Crippen molar-refractivity contribution in [3.05, 3.63) is 57.5 Å². The van der Waals surface area contributed by atoms with Crippen molar-refractivity contribution in [1.82, 2.24) is 19.4 Å². The van der Waals surface area contributed by atoms with Crippen molar-refractivity contribution < 1.29 is 22.8 Å². The molecule has 8 nitrogen and oxygen atoms in total. The van der Waals surface area contributed by atoms with Crippen LogP contribution in [0.3, 0.4) is 0 Å². The van der Waals surface area contributed by atoms with E-state index in [9.17, 15) is 22.8 Å². The van der Waals surface area contributed by atoms with Crippen molar-refractivity contribution >= 4 is 11.2 Å². The van der Waals surface area contributed by atoms with Crippen LogP contribution >= 0.6 is 0 Å². The van der Waals surface area contributed by atoms with Gasteiger partial charge in [0, 0.05) is 0 Å². The number of aromatic nitrogens is 4. The van der Waals surface area contributed by atoms with Gasteiger partial charge in [-0.3, -0.25) is 4.79 Å². The zero-order chi connectivity index (χ0) is 16.6. The van der Waals surface area contributed by atoms with Crippen molar-refractivity contribution in [2.24, 2.45) is 0 Å². The Balaban J connectivity index is 2.22. The third-order valence-electron chi connectivity index (χ3n) is 2.69. The number of nitrogens with zero attached hydrogens (tertiary/aromatic N) is 3. The van der Waals surface area contributed by atoms with Gasteiger partial charge in [-0.1, -0.05) is 27.7 Å². The van der Waals surface area contributed by atoms with E-state index in [0.717, 1.165) is 6.33 Å². The molecule has 1 N–H and O–H groups in total. The molecule has 0 saturated heterocycles. The summed E-state index contributed by atoms with van der Waals surface area (Å²) >= 11 is 0. The maximum atomic E-state index is 12.5. The molecule has 3 rings (SSSR count). The van der Waals surface area contributed by atoms with E-state index in [1.165, 1.54) is 12.1 Å². The summed E-state index contributed by atoms with van der Waals surface area (Å²) in [5, 5.41) is 0. The number of para-hydroxylation sites is 1. The van der Waals surface area contributed by atoms with E-state index in [0.29, 0.717) is 0 Å². The van der Waals surface area contributed by atoms with Gasteiger partial charge in [0.15, 0.2) is 11.3 Å². The van der Waals surface area contributed by atoms with Crippen LogP contribution in [0.4, 0.5) is 13.2 Å². The van der Waals surface area contributed by atoms with Crippen LogP contribution in [0, 0.1) is 0 Å². The Morgan fingerprint density at radius 1 is 1.09 bits per heavy atom. The van der Waals surface area contributed by atoms with Gasteiger partial charge in [-0.25, -0.2) is 9.78 Å². The monoisotopic (exact) mass is 328 g/mol. The summed E-state index contributed by atoms with van der Waals surface area (Å²) in [6, 6.07) is 7.59. The van der Waals surface area contributed by atoms with Crippen molar-refractivity contribution in [1.29, 1.82) is 0 Å². The van der Waals surface area contributed by atoms with E-state index in [4.69, 9.17) is 4.84 Å². The number of rotatable bonds is 3. The lowest BCUT2D eigenvalue weighted by atomic mass is 10.3. The number of imidazole rings is 1. The van der Waals surface area contributed by atoms with Crippen LogP contribution in [0.5, 0.6) is 5.75 Å². The number of benzene rings is 1. The van der Waals surface area contributed by atoms with Crippen LogP contribution in [0.2, 0.25) is 0 Å². The first-order valence-electron chi connectivity index (χ1n) is 6.07. The Morgan fingerprint density at radius 2 is 1.78 bits per heavy atom. The van der Waals surface area contributed by atoms with E-state index in [2.05, 4.69) is 14.8 Å². The predicted octanol–water partition coefficient (Wildman–Crippen LogP) is 0.677. The Labute approximate surface area is 124 Å². The molecule has 0 aliphatic rings. The van der Waals surface area contributed by atoms with Gasteiger partial charge in [0.25, 0.3) is 0 Å². The molecule has 0 aliphatic heterocycles. The highest BCUT2D eigenvalue weighted by Gasteiger charge is 2.34. The molecule has 0 unspecified atom stereocenters. The van der Waals surface area contributed by atoms with Crippen molar-refractivity contribution in [2.75, 3.05) is 0 Å². The van der Waals surface area contributed by atoms with Gasteiger partial charge in [-0.15, -0.1) is 13.2 Å². The molecule has 0 bridgehead atoms. The van der Waals surface area contributed by atoms with Crippen LogP contribution < -0.4 is 20.9 Å². The molecular formula is C12H7F3N4O4. The number of H-pyrrole nitrogens is 1. The molecule has 3 aromatic rings. The quantitative estimate of drug-likeness (QED) is 0.763. The van der Waals surface area contributed by atoms with Gasteiger partial charge in [0.1, 0.15) is 0 Å². The molecule has 0 spiro atoms. The lowest BCUT2D eigenvalue weighted by molar-refractivity contribution is -0.323. The molecule has 120 valence electrons. The molecule has 0 radical (unpaired) electrons. The zero-order valence-corrected chi connectivity index (χ0v) is 11.1. The van der Waals surface area contributed by atoms with Crippen LogP contribution in [-0.2, 0) is 0 Å². The van der Waals surface area contributed by atoms with Gasteiger partial charge < -0.3 is 14.7 Å². The number of hydrogen-bond donors (Lipinski definition) is 1. The maximum Gasteiger partial charge on any atom is 0.591 e. The number of halogens is 3. The summed E-state index contributed by atoms with van der Waals surface area (Å²) in [7, 11) is 0. The molecule has 1 aromatic carbocycles. The molecule has 11 heteroatoms. The Bertz CT molecular complexity index is 958. The van der Waals surface area contributed by atoms with Gasteiger partial charge in [-0.2, -0.15) is 0 Å². The minimum atomic E-state index is -5.16. The molecule has 0 fully saturated rings. The summed E-state index contributed by atoms with van der Waals surface area (Å²) in [6.45, 7) is 0. The van der Waals surface area contributed by atoms with E-state index in [-0.39, 0.29) is 20.7 Å². The molecular weight excluding hydrogens is 321 g/mol. The van der Waals surface area contributed by atoms with E-state index in [1.54, 1.807) is 18.2 Å². The second kappa shape index (κ2) is 5.19. The minimum absolute atomic E-state index is 0.0733. The van der Waals surface area contributed by atoms with Crippen LogP contribution in [0.15, 0.2) is 46.2 Å². The number of aromatic amines is 1. The molecule has 0 amide bonds. The second-order valence-electron chi connectivity index (χ2n) is 4.22. The Kier molecular flexibility index (Phi) is 3.32. The molecule has 0 aliphatic carbocycles. The SMILES string of the molecule is O=c1c2[nH]cnc2n(OC(F)(F)F)c(=O)n1Oc1ccccc1. The van der Waals surface area contributed by atoms with Crippen molar-refractivity contribution in [2.45, 2.75) is 6.36 Å². The molecule has 2 heterocycles. The Morgan fingerprint density at radius 3 is 2.43 bits per heavy atom. The van der Waals surface area contributed by atoms with Crippen LogP contribution in [0.25, 0.3) is 11.2 Å². The third kappa shape index (κ3) is 2.75. The molecule has 23 heavy (non-hydrogen) atoms. The normalized spacial score (nSPS) is 11.6. The number of nitrogens with one attached hydrogen (secondary N) is 1. The summed E-state index contributed by atoms with van der Waals surface area (Å²) in [5.74, 6) is 0.0733. The lowest BCUT2D eigenvalue weighted by Gasteiger charge is -2.13. The topological polar surface area (TPSA) is 91.1 Å². The van der Waals surface area contributed by atoms with Gasteiger partial charge in [-0.05, 0) is 12.1 Å². The largest absolute Gasteiger partial charge is 0.591 e. The first-order chi connectivity index (χ1) is 10.9. The summed E-state index contributed by atoms with van der Waals surface area (Å²) in [4.78, 5) is 38.7. The maximum absolute atomic E-state index is 12.5. The van der Waals surface area contributed by atoms with E-state index in [1.807, 2.05) is 0 Å². The fourth-order valence-electron chi connectivity index (χ4n) is 1.81. The van der Waals surface area contributed by atoms with Gasteiger partial charge in [0.05, 0.1) is 6.33 Å². The van der Waals surface area contributed by atoms with Crippen LogP contribution in [-0.4, -0.2) is 25.8 Å². The van der Waals surface area contributed by atoms with E-state index >= 15 is 0 Å². The highest BCUT2D eigenvalue weighted by molar-refractivity contribution is 5.68. The highest BCUT2D eigenvalue weighted by Crippen LogP contribution is 2.14. The van der Waals surface area contributed by atoms with E-state index < -0.39 is 23.3 Å². The molecule has 0 atom stereocenters. The lowest BCUT2D eigenvalue weighted by Crippen LogP contribution is -2.47. The average Bonchev–Trinajstić information content (AvgIpc) is 2.98. The number of alkyl halides is 3. The number of hydrogen-bond acceptors (Lipinski definition) is 5. The van der Waals surface area contributed by atoms with Crippen molar-refractivity contribution in [3.8, 4) is 5.75 Å². The summed E-state index contributed by atoms with van der Waals surface area (Å²) in [5.41, 5.74) is -3.49. The first kappa shape index (κ1) is 14.7. The minimum Gasteiger partial charge on any atom is -0.367 e. The zero-order valence-electron chi connectivity index (χ0n) is 11.1.